The van der Waals surface area contributed by atoms with Gasteiger partial charge in [-0.1, -0.05) is 13.8 Å². The summed E-state index contributed by atoms with van der Waals surface area (Å²) in [6, 6.07) is 4.35. The zero-order valence-corrected chi connectivity index (χ0v) is 17.4. The maximum atomic E-state index is 13.6. The third kappa shape index (κ3) is 4.30. The first kappa shape index (κ1) is 21.4. The Morgan fingerprint density at radius 3 is 2.77 bits per heavy atom. The van der Waals surface area contributed by atoms with Crippen LogP contribution >= 0.6 is 0 Å². The smallest absolute Gasteiger partial charge is 0.255 e. The van der Waals surface area contributed by atoms with Crippen molar-refractivity contribution in [3.63, 3.8) is 0 Å². The van der Waals surface area contributed by atoms with Crippen LogP contribution in [0.3, 0.4) is 0 Å². The van der Waals surface area contributed by atoms with Crippen molar-refractivity contribution in [2.45, 2.75) is 13.8 Å². The summed E-state index contributed by atoms with van der Waals surface area (Å²) in [5.74, 6) is -0.683. The van der Waals surface area contributed by atoms with Crippen molar-refractivity contribution in [3.8, 4) is 0 Å². The number of hydrogen-bond acceptors (Lipinski definition) is 6. The lowest BCUT2D eigenvalue weighted by atomic mass is 9.95. The van der Waals surface area contributed by atoms with E-state index in [9.17, 15) is 14.3 Å². The number of nitrogens with zero attached hydrogens (tertiary/aromatic N) is 3. The second-order valence-corrected chi connectivity index (χ2v) is 7.67. The van der Waals surface area contributed by atoms with E-state index >= 15 is 0 Å². The Bertz CT molecular complexity index is 1110. The van der Waals surface area contributed by atoms with Gasteiger partial charge in [-0.3, -0.25) is 9.79 Å². The Morgan fingerprint density at radius 2 is 2.10 bits per heavy atom. The van der Waals surface area contributed by atoms with Crippen molar-refractivity contribution in [1.29, 1.82) is 0 Å². The Balaban J connectivity index is 1.99. The molecule has 0 aliphatic carbocycles. The number of aromatic amines is 1. The minimum Gasteiger partial charge on any atom is -0.396 e. The van der Waals surface area contributed by atoms with Crippen LogP contribution in [0.1, 0.15) is 35.5 Å². The molecule has 0 saturated carbocycles. The van der Waals surface area contributed by atoms with Crippen molar-refractivity contribution < 1.29 is 14.3 Å². The molecule has 2 heterocycles. The van der Waals surface area contributed by atoms with Gasteiger partial charge in [0.1, 0.15) is 17.0 Å². The number of carbonyl (C=O) groups is 1. The molecule has 0 aliphatic heterocycles. The molecule has 9 heteroatoms. The maximum Gasteiger partial charge on any atom is 0.255 e. The van der Waals surface area contributed by atoms with Gasteiger partial charge in [-0.25, -0.2) is 14.4 Å². The highest BCUT2D eigenvalue weighted by Gasteiger charge is 2.21. The van der Waals surface area contributed by atoms with E-state index in [1.807, 2.05) is 13.8 Å². The summed E-state index contributed by atoms with van der Waals surface area (Å²) in [6.45, 7) is 3.97. The molecule has 4 N–H and O–H groups in total. The first-order chi connectivity index (χ1) is 14.3. The second kappa shape index (κ2) is 8.58. The van der Waals surface area contributed by atoms with Crippen molar-refractivity contribution in [2.75, 3.05) is 32.6 Å². The van der Waals surface area contributed by atoms with E-state index in [0.29, 0.717) is 45.9 Å². The molecule has 3 rings (SSSR count). The fourth-order valence-electron chi connectivity index (χ4n) is 2.95. The zero-order chi connectivity index (χ0) is 21.9. The summed E-state index contributed by atoms with van der Waals surface area (Å²) in [4.78, 5) is 28.9. The highest BCUT2D eigenvalue weighted by molar-refractivity contribution is 6.15. The van der Waals surface area contributed by atoms with E-state index in [4.69, 9.17) is 0 Å². The van der Waals surface area contributed by atoms with Crippen molar-refractivity contribution >= 4 is 28.5 Å². The Morgan fingerprint density at radius 1 is 1.33 bits per heavy atom. The lowest BCUT2D eigenvalue weighted by molar-refractivity contribution is 0.0912. The average molecular weight is 412 g/mol. The molecule has 1 amide bonds. The first-order valence-corrected chi connectivity index (χ1v) is 9.47. The molecule has 3 aromatic rings. The molecule has 0 fully saturated rings. The Kier molecular flexibility index (Phi) is 6.12. The molecule has 1 aromatic carbocycles. The SMILES string of the molecule is C/N=C(/c1cnc2[nH]cc(C(=O)NCC(C)(C)CO)c2n1)c1ccc(F)cc1NC. The van der Waals surface area contributed by atoms with Crippen LogP contribution in [-0.2, 0) is 0 Å². The van der Waals surface area contributed by atoms with Gasteiger partial charge in [0.05, 0.1) is 17.5 Å². The van der Waals surface area contributed by atoms with Crippen LogP contribution in [0.25, 0.3) is 11.2 Å². The van der Waals surface area contributed by atoms with Gasteiger partial charge < -0.3 is 20.7 Å². The van der Waals surface area contributed by atoms with Crippen LogP contribution in [0.4, 0.5) is 10.1 Å². The van der Waals surface area contributed by atoms with Gasteiger partial charge >= 0.3 is 0 Å². The maximum absolute atomic E-state index is 13.6. The molecule has 0 unspecified atom stereocenters. The highest BCUT2D eigenvalue weighted by Crippen LogP contribution is 2.22. The second-order valence-electron chi connectivity index (χ2n) is 7.67. The number of benzene rings is 1. The number of rotatable bonds is 7. The van der Waals surface area contributed by atoms with Gasteiger partial charge in [-0.05, 0) is 18.2 Å². The minimum atomic E-state index is -0.438. The number of anilines is 1. The Labute approximate surface area is 173 Å². The summed E-state index contributed by atoms with van der Waals surface area (Å²) in [6.07, 6.45) is 3.11. The summed E-state index contributed by atoms with van der Waals surface area (Å²) >= 11 is 0. The summed E-state index contributed by atoms with van der Waals surface area (Å²) in [5.41, 5.74) is 2.98. The van der Waals surface area contributed by atoms with Gasteiger partial charge in [-0.2, -0.15) is 0 Å². The van der Waals surface area contributed by atoms with Crippen LogP contribution < -0.4 is 10.6 Å². The average Bonchev–Trinajstić information content (AvgIpc) is 3.17. The fourth-order valence-corrected chi connectivity index (χ4v) is 2.95. The van der Waals surface area contributed by atoms with Crippen LogP contribution in [0, 0.1) is 11.2 Å². The standard InChI is InChI=1S/C21H25FN6O2/c1-21(2,11-29)10-27-20(30)14-8-25-19-18(14)28-16(9-26-19)17(24-4)13-6-5-12(22)7-15(13)23-3/h5-9,23,29H,10-11H2,1-4H3,(H,25,26)(H,27,30)/b24-17+. The van der Waals surface area contributed by atoms with E-state index in [1.54, 1.807) is 32.6 Å². The molecule has 2 aromatic heterocycles. The molecule has 0 radical (unpaired) electrons. The van der Waals surface area contributed by atoms with E-state index in [-0.39, 0.29) is 18.3 Å². The number of fused-ring (bicyclic) bond motifs is 1. The first-order valence-electron chi connectivity index (χ1n) is 9.47. The number of H-pyrrole nitrogens is 1. The van der Waals surface area contributed by atoms with Crippen LogP contribution in [0.2, 0.25) is 0 Å². The summed E-state index contributed by atoms with van der Waals surface area (Å²) in [5, 5.41) is 15.2. The molecule has 158 valence electrons. The Hall–Kier alpha value is -3.33. The third-order valence-corrected chi connectivity index (χ3v) is 4.75. The van der Waals surface area contributed by atoms with Crippen LogP contribution in [0.5, 0.6) is 0 Å². The number of aliphatic imine (C=N–C) groups is 1. The van der Waals surface area contributed by atoms with E-state index in [2.05, 4.69) is 30.6 Å². The molecule has 0 aliphatic rings. The fraction of sp³-hybridized carbons (Fsp3) is 0.333. The molecule has 8 nitrogen and oxygen atoms in total. The number of halogens is 1. The molecule has 30 heavy (non-hydrogen) atoms. The summed E-state index contributed by atoms with van der Waals surface area (Å²) in [7, 11) is 3.31. The number of carbonyl (C=O) groups excluding carboxylic acids is 1. The zero-order valence-electron chi connectivity index (χ0n) is 17.4. The van der Waals surface area contributed by atoms with Crippen molar-refractivity contribution in [2.24, 2.45) is 10.4 Å². The largest absolute Gasteiger partial charge is 0.396 e. The van der Waals surface area contributed by atoms with Gasteiger partial charge in [-0.15, -0.1) is 0 Å². The minimum absolute atomic E-state index is 0.0487. The molecular weight excluding hydrogens is 387 g/mol. The predicted octanol–water partition coefficient (Wildman–Crippen LogP) is 2.35. The van der Waals surface area contributed by atoms with Gasteiger partial charge in [0.2, 0.25) is 0 Å². The molecule has 0 atom stereocenters. The number of aliphatic hydroxyl groups is 1. The van der Waals surface area contributed by atoms with Crippen molar-refractivity contribution in [1.82, 2.24) is 20.3 Å². The summed E-state index contributed by atoms with van der Waals surface area (Å²) < 4.78 is 13.6. The molecule has 0 spiro atoms. The number of aromatic nitrogens is 3. The van der Waals surface area contributed by atoms with Crippen LogP contribution in [0.15, 0.2) is 35.6 Å². The quantitative estimate of drug-likeness (QED) is 0.445. The van der Waals surface area contributed by atoms with Gasteiger partial charge in [0.15, 0.2) is 5.65 Å². The lowest BCUT2D eigenvalue weighted by Crippen LogP contribution is -2.36. The topological polar surface area (TPSA) is 115 Å². The van der Waals surface area contributed by atoms with Crippen LogP contribution in [-0.4, -0.2) is 58.9 Å². The highest BCUT2D eigenvalue weighted by atomic mass is 19.1. The lowest BCUT2D eigenvalue weighted by Gasteiger charge is -2.21. The normalized spacial score (nSPS) is 12.3. The number of amides is 1. The van der Waals surface area contributed by atoms with E-state index in [0.717, 1.165) is 0 Å². The third-order valence-electron chi connectivity index (χ3n) is 4.75. The molecule has 0 saturated heterocycles. The van der Waals surface area contributed by atoms with E-state index < -0.39 is 5.41 Å². The van der Waals surface area contributed by atoms with Gasteiger partial charge in [0, 0.05) is 50.1 Å². The number of nitrogens with one attached hydrogen (secondary N) is 3. The molecular formula is C21H25FN6O2. The number of hydrogen-bond donors (Lipinski definition) is 4. The predicted molar refractivity (Wildman–Crippen MR) is 115 cm³/mol. The monoisotopic (exact) mass is 412 g/mol. The van der Waals surface area contributed by atoms with Gasteiger partial charge in [0.25, 0.3) is 5.91 Å². The van der Waals surface area contributed by atoms with E-state index in [1.165, 1.54) is 12.1 Å². The van der Waals surface area contributed by atoms with Crippen molar-refractivity contribution in [3.05, 3.63) is 53.2 Å². The molecule has 0 bridgehead atoms. The number of aliphatic hydroxyl groups excluding tert-OH is 1.